The van der Waals surface area contributed by atoms with Gasteiger partial charge in [-0.3, -0.25) is 4.98 Å². The van der Waals surface area contributed by atoms with Crippen molar-refractivity contribution in [2.24, 2.45) is 0 Å². The summed E-state index contributed by atoms with van der Waals surface area (Å²) in [5.74, 6) is -1.02. The molecule has 3 rings (SSSR count). The lowest BCUT2D eigenvalue weighted by molar-refractivity contribution is 0.0697. The lowest BCUT2D eigenvalue weighted by atomic mass is 10.0. The fourth-order valence-corrected chi connectivity index (χ4v) is 2.87. The Morgan fingerprint density at radius 2 is 2.04 bits per heavy atom. The number of rotatable bonds is 3. The summed E-state index contributed by atoms with van der Waals surface area (Å²) in [4.78, 5) is 17.3. The zero-order valence-electron chi connectivity index (χ0n) is 12.9. The molecule has 24 heavy (non-hydrogen) atoms. The molecule has 0 amide bonds. The number of pyridine rings is 1. The van der Waals surface area contributed by atoms with Crippen LogP contribution in [-0.4, -0.2) is 35.3 Å². The van der Waals surface area contributed by atoms with Crippen LogP contribution in [0.3, 0.4) is 0 Å². The predicted molar refractivity (Wildman–Crippen MR) is 87.7 cm³/mol. The third-order valence-corrected chi connectivity index (χ3v) is 4.18. The van der Waals surface area contributed by atoms with Gasteiger partial charge in [-0.25, -0.2) is 9.18 Å². The molecule has 1 aliphatic heterocycles. The van der Waals surface area contributed by atoms with Crippen molar-refractivity contribution >= 4 is 11.7 Å². The number of aromatic nitrogens is 1. The monoisotopic (exact) mass is 325 g/mol. The van der Waals surface area contributed by atoms with E-state index in [1.54, 1.807) is 6.07 Å². The maximum absolute atomic E-state index is 13.3. The lowest BCUT2D eigenvalue weighted by Crippen LogP contribution is -2.34. The molecule has 1 fully saturated rings. The van der Waals surface area contributed by atoms with Crippen LogP contribution in [0.25, 0.3) is 11.3 Å². The third-order valence-electron chi connectivity index (χ3n) is 4.18. The summed E-state index contributed by atoms with van der Waals surface area (Å²) >= 11 is 0. The minimum Gasteiger partial charge on any atom is -0.478 e. The Hall–Kier alpha value is -2.94. The lowest BCUT2D eigenvalue weighted by Gasteiger charge is -2.31. The summed E-state index contributed by atoms with van der Waals surface area (Å²) in [6.45, 7) is 1.17. The van der Waals surface area contributed by atoms with Gasteiger partial charge in [0.25, 0.3) is 0 Å². The highest BCUT2D eigenvalue weighted by atomic mass is 19.1. The van der Waals surface area contributed by atoms with Gasteiger partial charge in [-0.05, 0) is 37.1 Å². The fraction of sp³-hybridized carbons (Fsp3) is 0.278. The van der Waals surface area contributed by atoms with Gasteiger partial charge in [-0.2, -0.15) is 5.26 Å². The number of nitriles is 1. The van der Waals surface area contributed by atoms with E-state index < -0.39 is 12.1 Å². The van der Waals surface area contributed by atoms with Crippen LogP contribution in [0.2, 0.25) is 0 Å². The van der Waals surface area contributed by atoms with Crippen molar-refractivity contribution in [1.29, 1.82) is 5.26 Å². The molecule has 0 spiro atoms. The van der Waals surface area contributed by atoms with E-state index >= 15 is 0 Å². The zero-order chi connectivity index (χ0) is 17.1. The predicted octanol–water partition coefficient (Wildman–Crippen LogP) is 3.26. The summed E-state index contributed by atoms with van der Waals surface area (Å²) < 4.78 is 13.3. The van der Waals surface area contributed by atoms with Crippen LogP contribution in [0.15, 0.2) is 36.5 Å². The van der Waals surface area contributed by atoms with Crippen LogP contribution in [0.4, 0.5) is 10.1 Å². The number of halogens is 1. The Bertz CT molecular complexity index is 808. The number of benzene rings is 1. The Kier molecular flexibility index (Phi) is 4.43. The molecule has 0 aliphatic carbocycles. The first kappa shape index (κ1) is 15.9. The van der Waals surface area contributed by atoms with Crippen LogP contribution in [0.5, 0.6) is 0 Å². The molecule has 122 valence electrons. The second kappa shape index (κ2) is 6.67. The van der Waals surface area contributed by atoms with Gasteiger partial charge >= 0.3 is 5.97 Å². The second-order valence-corrected chi connectivity index (χ2v) is 5.74. The SMILES string of the molecule is N#Cc1cc(-c2cc(C(=O)O)ccn2)ccc1N1CCC(F)CC1. The van der Waals surface area contributed by atoms with E-state index in [2.05, 4.69) is 11.1 Å². The molecule has 1 saturated heterocycles. The number of hydrogen-bond donors (Lipinski definition) is 1. The minimum atomic E-state index is -1.02. The van der Waals surface area contributed by atoms with Crippen LogP contribution < -0.4 is 4.90 Å². The topological polar surface area (TPSA) is 77.2 Å². The Balaban J connectivity index is 1.94. The molecule has 1 aromatic heterocycles. The van der Waals surface area contributed by atoms with E-state index in [1.807, 2.05) is 17.0 Å². The molecule has 0 saturated carbocycles. The molecule has 0 radical (unpaired) electrons. The number of aromatic carboxylic acids is 1. The van der Waals surface area contributed by atoms with Crippen molar-refractivity contribution in [3.63, 3.8) is 0 Å². The van der Waals surface area contributed by atoms with E-state index in [0.29, 0.717) is 42.8 Å². The van der Waals surface area contributed by atoms with Crippen molar-refractivity contribution < 1.29 is 14.3 Å². The van der Waals surface area contributed by atoms with Crippen LogP contribution in [-0.2, 0) is 0 Å². The van der Waals surface area contributed by atoms with Crippen molar-refractivity contribution in [3.05, 3.63) is 47.7 Å². The zero-order valence-corrected chi connectivity index (χ0v) is 12.9. The molecule has 2 aromatic rings. The molecular weight excluding hydrogens is 309 g/mol. The Morgan fingerprint density at radius 3 is 2.71 bits per heavy atom. The van der Waals surface area contributed by atoms with Crippen LogP contribution >= 0.6 is 0 Å². The average Bonchev–Trinajstić information content (AvgIpc) is 2.62. The standard InChI is InChI=1S/C18H16FN3O2/c19-15-4-7-22(8-5-15)17-2-1-12(9-14(17)11-20)16-10-13(18(23)24)3-6-21-16/h1-3,6,9-10,15H,4-5,7-8H2,(H,23,24). The van der Waals surface area contributed by atoms with Crippen molar-refractivity contribution in [1.82, 2.24) is 4.98 Å². The highest BCUT2D eigenvalue weighted by Crippen LogP contribution is 2.29. The number of carboxylic acids is 1. The van der Waals surface area contributed by atoms with Gasteiger partial charge in [0.1, 0.15) is 12.2 Å². The highest BCUT2D eigenvalue weighted by Gasteiger charge is 2.21. The second-order valence-electron chi connectivity index (χ2n) is 5.74. The maximum Gasteiger partial charge on any atom is 0.335 e. The van der Waals surface area contributed by atoms with E-state index in [9.17, 15) is 14.4 Å². The van der Waals surface area contributed by atoms with Gasteiger partial charge in [0.05, 0.1) is 22.5 Å². The summed E-state index contributed by atoms with van der Waals surface area (Å²) in [5, 5.41) is 18.5. The number of alkyl halides is 1. The quantitative estimate of drug-likeness (QED) is 0.937. The third kappa shape index (κ3) is 3.20. The van der Waals surface area contributed by atoms with Gasteiger partial charge in [0.15, 0.2) is 0 Å². The molecular formula is C18H16FN3O2. The van der Waals surface area contributed by atoms with Crippen LogP contribution in [0, 0.1) is 11.3 Å². The van der Waals surface area contributed by atoms with E-state index in [4.69, 9.17) is 5.11 Å². The largest absolute Gasteiger partial charge is 0.478 e. The molecule has 1 aliphatic rings. The first-order valence-corrected chi connectivity index (χ1v) is 7.71. The number of carboxylic acid groups (broad SMARTS) is 1. The molecule has 0 bridgehead atoms. The Labute approximate surface area is 139 Å². The smallest absolute Gasteiger partial charge is 0.335 e. The van der Waals surface area contributed by atoms with E-state index in [0.717, 1.165) is 5.69 Å². The van der Waals surface area contributed by atoms with Crippen LogP contribution in [0.1, 0.15) is 28.8 Å². The highest BCUT2D eigenvalue weighted by molar-refractivity contribution is 5.89. The Morgan fingerprint density at radius 1 is 1.29 bits per heavy atom. The van der Waals surface area contributed by atoms with Gasteiger partial charge < -0.3 is 10.0 Å². The molecule has 0 unspecified atom stereocenters. The summed E-state index contributed by atoms with van der Waals surface area (Å²) in [5.41, 5.74) is 2.58. The van der Waals surface area contributed by atoms with E-state index in [1.165, 1.54) is 18.3 Å². The number of anilines is 1. The number of piperidine rings is 1. The first-order chi connectivity index (χ1) is 11.6. The van der Waals surface area contributed by atoms with Crippen molar-refractivity contribution in [3.8, 4) is 17.3 Å². The fourth-order valence-electron chi connectivity index (χ4n) is 2.87. The number of hydrogen-bond acceptors (Lipinski definition) is 4. The summed E-state index contributed by atoms with van der Waals surface area (Å²) in [6.07, 6.45) is 1.60. The summed E-state index contributed by atoms with van der Waals surface area (Å²) in [6, 6.07) is 10.4. The van der Waals surface area contributed by atoms with Gasteiger partial charge in [0.2, 0.25) is 0 Å². The van der Waals surface area contributed by atoms with Gasteiger partial charge in [-0.1, -0.05) is 6.07 Å². The minimum absolute atomic E-state index is 0.146. The van der Waals surface area contributed by atoms with Gasteiger partial charge in [-0.15, -0.1) is 0 Å². The molecule has 5 nitrogen and oxygen atoms in total. The summed E-state index contributed by atoms with van der Waals surface area (Å²) in [7, 11) is 0. The molecule has 6 heteroatoms. The van der Waals surface area contributed by atoms with E-state index in [-0.39, 0.29) is 5.56 Å². The van der Waals surface area contributed by atoms with Gasteiger partial charge in [0, 0.05) is 24.8 Å². The first-order valence-electron chi connectivity index (χ1n) is 7.71. The number of carbonyl (C=O) groups is 1. The van der Waals surface area contributed by atoms with Crippen molar-refractivity contribution in [2.45, 2.75) is 19.0 Å². The molecule has 1 N–H and O–H groups in total. The molecule has 2 heterocycles. The molecule has 1 aromatic carbocycles. The van der Waals surface area contributed by atoms with Crippen molar-refractivity contribution in [2.75, 3.05) is 18.0 Å². The normalized spacial score (nSPS) is 15.1. The number of nitrogens with zero attached hydrogens (tertiary/aromatic N) is 3. The maximum atomic E-state index is 13.3. The molecule has 0 atom stereocenters. The average molecular weight is 325 g/mol.